The largest absolute Gasteiger partial charge is 0.465 e. The van der Waals surface area contributed by atoms with Crippen molar-refractivity contribution in [2.45, 2.75) is 17.7 Å². The Kier molecular flexibility index (Phi) is 5.69. The summed E-state index contributed by atoms with van der Waals surface area (Å²) in [4.78, 5) is 26.6. The molecule has 8 heteroatoms. The van der Waals surface area contributed by atoms with Crippen molar-refractivity contribution >= 4 is 21.7 Å². The zero-order chi connectivity index (χ0) is 20.3. The molecule has 1 heterocycles. The third-order valence-electron chi connectivity index (χ3n) is 4.46. The van der Waals surface area contributed by atoms with Gasteiger partial charge in [-0.1, -0.05) is 0 Å². The number of likely N-dealkylation sites (tertiary alicyclic amines) is 1. The summed E-state index contributed by atoms with van der Waals surface area (Å²) in [5.41, 5.74) is 0.544. The van der Waals surface area contributed by atoms with Crippen molar-refractivity contribution in [2.24, 2.45) is 0 Å². The molecule has 1 amide bonds. The number of carbonyl (C=O) groups excluding carboxylic acids is 2. The van der Waals surface area contributed by atoms with Crippen molar-refractivity contribution < 1.29 is 27.5 Å². The molecular formula is C20H21NO6S. The lowest BCUT2D eigenvalue weighted by molar-refractivity contribution is 0.0600. The number of esters is 1. The fourth-order valence-corrected chi connectivity index (χ4v) is 3.64. The Morgan fingerprint density at radius 1 is 0.929 bits per heavy atom. The van der Waals surface area contributed by atoms with Crippen molar-refractivity contribution in [3.63, 3.8) is 0 Å². The molecule has 28 heavy (non-hydrogen) atoms. The molecule has 0 unspecified atom stereocenters. The van der Waals surface area contributed by atoms with Crippen molar-refractivity contribution in [3.05, 3.63) is 53.6 Å². The number of nitrogens with zero attached hydrogens (tertiary/aromatic N) is 1. The van der Waals surface area contributed by atoms with Gasteiger partial charge in [-0.2, -0.15) is 0 Å². The van der Waals surface area contributed by atoms with Crippen LogP contribution in [0.25, 0.3) is 0 Å². The van der Waals surface area contributed by atoms with E-state index in [9.17, 15) is 18.0 Å². The smallest absolute Gasteiger partial charge is 0.338 e. The molecular weight excluding hydrogens is 382 g/mol. The van der Waals surface area contributed by atoms with Gasteiger partial charge in [0.05, 0.1) is 17.6 Å². The van der Waals surface area contributed by atoms with Gasteiger partial charge in [0.2, 0.25) is 0 Å². The van der Waals surface area contributed by atoms with Crippen LogP contribution in [-0.2, 0) is 14.6 Å². The summed E-state index contributed by atoms with van der Waals surface area (Å²) in [6.45, 7) is 1.37. The predicted molar refractivity (Wildman–Crippen MR) is 103 cm³/mol. The van der Waals surface area contributed by atoms with Crippen molar-refractivity contribution in [1.82, 2.24) is 4.90 Å². The molecule has 0 atom stereocenters. The van der Waals surface area contributed by atoms with E-state index in [1.807, 2.05) is 0 Å². The van der Waals surface area contributed by atoms with Crippen LogP contribution in [0.1, 0.15) is 33.6 Å². The number of benzene rings is 2. The van der Waals surface area contributed by atoms with E-state index in [0.29, 0.717) is 24.4 Å². The average molecular weight is 403 g/mol. The van der Waals surface area contributed by atoms with Gasteiger partial charge >= 0.3 is 5.97 Å². The topological polar surface area (TPSA) is 90.0 Å². The molecule has 0 radical (unpaired) electrons. The Bertz CT molecular complexity index is 992. The highest BCUT2D eigenvalue weighted by Crippen LogP contribution is 2.27. The number of amides is 1. The first-order valence-corrected chi connectivity index (χ1v) is 10.7. The van der Waals surface area contributed by atoms with Gasteiger partial charge in [-0.15, -0.1) is 0 Å². The van der Waals surface area contributed by atoms with Gasteiger partial charge in [0.15, 0.2) is 9.84 Å². The summed E-state index contributed by atoms with van der Waals surface area (Å²) in [5.74, 6) is -0.0691. The second-order valence-electron chi connectivity index (χ2n) is 6.58. The summed E-state index contributed by atoms with van der Waals surface area (Å²) >= 11 is 0. The summed E-state index contributed by atoms with van der Waals surface area (Å²) in [7, 11) is -2.04. The lowest BCUT2D eigenvalue weighted by Gasteiger charge is -2.17. The van der Waals surface area contributed by atoms with E-state index >= 15 is 0 Å². The lowest BCUT2D eigenvalue weighted by atomic mass is 10.1. The van der Waals surface area contributed by atoms with Crippen LogP contribution in [0.4, 0.5) is 0 Å². The highest BCUT2D eigenvalue weighted by molar-refractivity contribution is 7.90. The molecule has 0 N–H and O–H groups in total. The van der Waals surface area contributed by atoms with Crippen LogP contribution < -0.4 is 4.74 Å². The minimum absolute atomic E-state index is 0.166. The Morgan fingerprint density at radius 2 is 1.54 bits per heavy atom. The molecule has 0 spiro atoms. The van der Waals surface area contributed by atoms with E-state index in [-0.39, 0.29) is 22.1 Å². The standard InChI is InChI=1S/C20H21NO6S/c1-26-20(23)15-11-14(19(22)21-9-3-4-10-21)12-17(13-15)27-16-5-7-18(8-6-16)28(2,24)25/h5-8,11-13H,3-4,9-10H2,1-2H3. The number of sulfone groups is 1. The maximum atomic E-state index is 12.7. The predicted octanol–water partition coefficient (Wildman–Crippen LogP) is 2.91. The number of methoxy groups -OCH3 is 1. The number of carbonyl (C=O) groups is 2. The van der Waals surface area contributed by atoms with Gasteiger partial charge in [-0.25, -0.2) is 13.2 Å². The second kappa shape index (κ2) is 8.02. The fraction of sp³-hybridized carbons (Fsp3) is 0.300. The first-order valence-electron chi connectivity index (χ1n) is 8.78. The molecule has 0 aromatic heterocycles. The Balaban J connectivity index is 1.91. The quantitative estimate of drug-likeness (QED) is 0.713. The molecule has 0 bridgehead atoms. The fourth-order valence-electron chi connectivity index (χ4n) is 3.01. The van der Waals surface area contributed by atoms with Gasteiger partial charge in [0.1, 0.15) is 11.5 Å². The van der Waals surface area contributed by atoms with Crippen molar-refractivity contribution in [1.29, 1.82) is 0 Å². The van der Waals surface area contributed by atoms with E-state index in [2.05, 4.69) is 0 Å². The Hall–Kier alpha value is -2.87. The molecule has 1 saturated heterocycles. The second-order valence-corrected chi connectivity index (χ2v) is 8.60. The molecule has 0 saturated carbocycles. The first-order chi connectivity index (χ1) is 13.3. The number of hydrogen-bond acceptors (Lipinski definition) is 6. The van der Waals surface area contributed by atoms with E-state index in [1.165, 1.54) is 43.5 Å². The van der Waals surface area contributed by atoms with Crippen molar-refractivity contribution in [3.8, 4) is 11.5 Å². The normalized spacial score (nSPS) is 14.0. The lowest BCUT2D eigenvalue weighted by Crippen LogP contribution is -2.27. The SMILES string of the molecule is COC(=O)c1cc(Oc2ccc(S(C)(=O)=O)cc2)cc(C(=O)N2CCCC2)c1. The van der Waals surface area contributed by atoms with E-state index in [0.717, 1.165) is 19.1 Å². The molecule has 7 nitrogen and oxygen atoms in total. The number of rotatable bonds is 5. The maximum absolute atomic E-state index is 12.7. The number of ether oxygens (including phenoxy) is 2. The summed E-state index contributed by atoms with van der Waals surface area (Å²) in [6, 6.07) is 10.4. The molecule has 148 valence electrons. The maximum Gasteiger partial charge on any atom is 0.338 e. The van der Waals surface area contributed by atoms with Gasteiger partial charge < -0.3 is 14.4 Å². The molecule has 2 aromatic carbocycles. The highest BCUT2D eigenvalue weighted by atomic mass is 32.2. The van der Waals surface area contributed by atoms with E-state index < -0.39 is 15.8 Å². The first kappa shape index (κ1) is 19.9. The zero-order valence-electron chi connectivity index (χ0n) is 15.7. The zero-order valence-corrected chi connectivity index (χ0v) is 16.5. The van der Waals surface area contributed by atoms with Crippen LogP contribution in [0.5, 0.6) is 11.5 Å². The third kappa shape index (κ3) is 4.51. The van der Waals surface area contributed by atoms with Crippen LogP contribution in [-0.4, -0.2) is 51.6 Å². The van der Waals surface area contributed by atoms with Crippen molar-refractivity contribution in [2.75, 3.05) is 26.5 Å². The molecule has 1 aliphatic rings. The van der Waals surface area contributed by atoms with E-state index in [1.54, 1.807) is 11.0 Å². The molecule has 1 aliphatic heterocycles. The Labute approximate surface area is 163 Å². The van der Waals surface area contributed by atoms with Crippen LogP contribution in [0.3, 0.4) is 0 Å². The average Bonchev–Trinajstić information content (AvgIpc) is 3.21. The molecule has 2 aromatic rings. The molecule has 0 aliphatic carbocycles. The monoisotopic (exact) mass is 403 g/mol. The molecule has 3 rings (SSSR count). The van der Waals surface area contributed by atoms with Crippen LogP contribution in [0, 0.1) is 0 Å². The molecule has 1 fully saturated rings. The minimum atomic E-state index is -3.31. The Morgan fingerprint density at radius 3 is 2.11 bits per heavy atom. The summed E-state index contributed by atoms with van der Waals surface area (Å²) in [5, 5.41) is 0. The van der Waals surface area contributed by atoms with Gasteiger partial charge in [-0.3, -0.25) is 4.79 Å². The third-order valence-corrected chi connectivity index (χ3v) is 5.58. The summed E-state index contributed by atoms with van der Waals surface area (Å²) < 4.78 is 33.7. The van der Waals surface area contributed by atoms with Gasteiger partial charge in [0, 0.05) is 24.9 Å². The van der Waals surface area contributed by atoms with Crippen LogP contribution in [0.2, 0.25) is 0 Å². The van der Waals surface area contributed by atoms with Gasteiger partial charge in [0.25, 0.3) is 5.91 Å². The van der Waals surface area contributed by atoms with Gasteiger partial charge in [-0.05, 0) is 55.3 Å². The van der Waals surface area contributed by atoms with Crippen LogP contribution in [0.15, 0.2) is 47.4 Å². The van der Waals surface area contributed by atoms with E-state index in [4.69, 9.17) is 9.47 Å². The highest BCUT2D eigenvalue weighted by Gasteiger charge is 2.22. The number of hydrogen-bond donors (Lipinski definition) is 0. The summed E-state index contributed by atoms with van der Waals surface area (Å²) in [6.07, 6.45) is 3.04. The van der Waals surface area contributed by atoms with Crippen LogP contribution >= 0.6 is 0 Å². The minimum Gasteiger partial charge on any atom is -0.465 e.